The second-order valence-corrected chi connectivity index (χ2v) is 21.2. The van der Waals surface area contributed by atoms with E-state index < -0.39 is 29.7 Å². The zero-order chi connectivity index (χ0) is 51.8. The van der Waals surface area contributed by atoms with Crippen molar-refractivity contribution in [1.82, 2.24) is 40.1 Å². The Morgan fingerprint density at radius 3 is 2.26 bits per heavy atom. The Bertz CT molecular complexity index is 2910. The van der Waals surface area contributed by atoms with Crippen LogP contribution in [-0.2, 0) is 32.2 Å². The number of hydrogen-bond donors (Lipinski definition) is 4. The largest absolute Gasteiger partial charge is 0.383 e. The number of benzene rings is 3. The quantitative estimate of drug-likeness (QED) is 0.119. The summed E-state index contributed by atoms with van der Waals surface area (Å²) in [4.78, 5) is 106. The molecule has 74 heavy (non-hydrogen) atoms. The number of likely N-dealkylation sites (tertiary alicyclic amines) is 2. The van der Waals surface area contributed by atoms with Gasteiger partial charge in [0.1, 0.15) is 6.04 Å². The number of anilines is 2. The zero-order valence-electron chi connectivity index (χ0n) is 43.0. The van der Waals surface area contributed by atoms with E-state index in [9.17, 15) is 33.6 Å². The summed E-state index contributed by atoms with van der Waals surface area (Å²) in [5.74, 6) is -2.13. The average molecular weight is 1010 g/mol. The van der Waals surface area contributed by atoms with Gasteiger partial charge < -0.3 is 35.1 Å². The van der Waals surface area contributed by atoms with Crippen LogP contribution >= 0.6 is 0 Å². The molecule has 1 unspecified atom stereocenters. The molecule has 1 atom stereocenters. The molecule has 6 aliphatic heterocycles. The predicted octanol–water partition coefficient (Wildman–Crippen LogP) is 3.68. The van der Waals surface area contributed by atoms with Crippen molar-refractivity contribution in [3.05, 3.63) is 116 Å². The molecule has 0 aliphatic carbocycles. The lowest BCUT2D eigenvalue weighted by molar-refractivity contribution is -0.160. The molecule has 6 aliphatic rings. The summed E-state index contributed by atoms with van der Waals surface area (Å²) in [6.07, 6.45) is 2.02. The molecule has 0 bridgehead atoms. The van der Waals surface area contributed by atoms with Gasteiger partial charge in [0, 0.05) is 144 Å². The number of aromatic amines is 1. The Morgan fingerprint density at radius 1 is 0.824 bits per heavy atom. The predicted molar refractivity (Wildman–Crippen MR) is 280 cm³/mol. The number of piperazine rings is 1. The number of pyridine rings is 1. The van der Waals surface area contributed by atoms with Gasteiger partial charge in [0.2, 0.25) is 17.7 Å². The number of ether oxygens (including phenoxy) is 1. The van der Waals surface area contributed by atoms with Crippen molar-refractivity contribution in [2.24, 2.45) is 5.41 Å². The third-order valence-corrected chi connectivity index (χ3v) is 16.1. The van der Waals surface area contributed by atoms with E-state index in [0.29, 0.717) is 49.2 Å². The fourth-order valence-corrected chi connectivity index (χ4v) is 12.1. The highest BCUT2D eigenvalue weighted by Crippen LogP contribution is 2.40. The minimum absolute atomic E-state index is 0.0696. The third kappa shape index (κ3) is 10.4. The monoisotopic (exact) mass is 1010 g/mol. The molecular formula is C56H68N10O8. The minimum atomic E-state index is -1.01. The van der Waals surface area contributed by atoms with E-state index in [2.05, 4.69) is 77.8 Å². The Morgan fingerprint density at radius 2 is 1.55 bits per heavy atom. The number of imide groups is 2. The second-order valence-electron chi connectivity index (χ2n) is 21.2. The number of amides is 6. The summed E-state index contributed by atoms with van der Waals surface area (Å²) in [6.45, 7) is 19.4. The van der Waals surface area contributed by atoms with Gasteiger partial charge in [0.25, 0.3) is 23.3 Å². The van der Waals surface area contributed by atoms with E-state index in [-0.39, 0.29) is 53.3 Å². The van der Waals surface area contributed by atoms with Crippen LogP contribution in [0.3, 0.4) is 0 Å². The number of H-pyrrole nitrogens is 1. The van der Waals surface area contributed by atoms with Gasteiger partial charge in [-0.25, -0.2) is 0 Å². The zero-order valence-corrected chi connectivity index (χ0v) is 43.0. The lowest BCUT2D eigenvalue weighted by Crippen LogP contribution is -2.73. The van der Waals surface area contributed by atoms with E-state index in [1.54, 1.807) is 18.2 Å². The standard InChI is InChI=1S/C56H68N10O8/c1-5-65(41-15-23-74-24-16-41)47-27-40(26-43(37(47)4)51(69)58-28-44-35(2)25-36(3)59-52(44)70)39-11-9-38(10-12-39)29-61-19-21-62(22-20-61)30-49(68)64-33-56(34-64)31-63(32-56)18-17-57-45-8-6-7-42-50(45)55(73)66(54(42)72)46-13-14-48(67)60-53(46)71/h6-12,25-27,41,46,57H,5,13-24,28-34H2,1-4H3,(H,58,69)(H,59,70)(H,60,67,71). The summed E-state index contributed by atoms with van der Waals surface area (Å²) >= 11 is 0. The van der Waals surface area contributed by atoms with E-state index in [1.165, 1.54) is 5.56 Å². The number of nitrogens with one attached hydrogen (secondary N) is 4. The first-order valence-electron chi connectivity index (χ1n) is 26.3. The van der Waals surface area contributed by atoms with Gasteiger partial charge in [-0.1, -0.05) is 30.3 Å². The molecule has 3 aromatic carbocycles. The van der Waals surface area contributed by atoms with Crippen LogP contribution in [-0.4, -0.2) is 169 Å². The third-order valence-electron chi connectivity index (χ3n) is 16.1. The summed E-state index contributed by atoms with van der Waals surface area (Å²) in [6, 6.07) is 19.1. The van der Waals surface area contributed by atoms with Crippen molar-refractivity contribution >= 4 is 46.8 Å². The van der Waals surface area contributed by atoms with Crippen molar-refractivity contribution in [2.45, 2.75) is 78.6 Å². The Hall–Kier alpha value is -6.73. The number of carbonyl (C=O) groups is 6. The Labute approximate surface area is 431 Å². The second kappa shape index (κ2) is 21.2. The first kappa shape index (κ1) is 50.8. The number of rotatable bonds is 16. The molecule has 1 aromatic heterocycles. The molecule has 1 spiro atoms. The maximum Gasteiger partial charge on any atom is 0.264 e. The number of fused-ring (bicyclic) bond motifs is 1. The van der Waals surface area contributed by atoms with Gasteiger partial charge in [-0.15, -0.1) is 0 Å². The number of hydrogen-bond acceptors (Lipinski definition) is 13. The van der Waals surface area contributed by atoms with Gasteiger partial charge in [0.15, 0.2) is 0 Å². The van der Waals surface area contributed by atoms with Crippen molar-refractivity contribution in [3.8, 4) is 11.1 Å². The molecule has 5 saturated heterocycles. The first-order valence-corrected chi connectivity index (χ1v) is 26.3. The number of aromatic nitrogens is 1. The normalized spacial score (nSPS) is 20.3. The van der Waals surface area contributed by atoms with Crippen molar-refractivity contribution in [1.29, 1.82) is 0 Å². The number of nitrogens with zero attached hydrogens (tertiary/aromatic N) is 6. The lowest BCUT2D eigenvalue weighted by atomic mass is 9.73. The molecule has 18 nitrogen and oxygen atoms in total. The number of aryl methyl sites for hydroxylation is 2. The summed E-state index contributed by atoms with van der Waals surface area (Å²) < 4.78 is 5.71. The summed E-state index contributed by atoms with van der Waals surface area (Å²) in [7, 11) is 0. The summed E-state index contributed by atoms with van der Waals surface area (Å²) in [5, 5.41) is 8.63. The molecule has 5 fully saturated rings. The van der Waals surface area contributed by atoms with Gasteiger partial charge >= 0.3 is 0 Å². The fraction of sp³-hybridized carbons (Fsp3) is 0.482. The molecule has 390 valence electrons. The SMILES string of the molecule is CCN(c1cc(-c2ccc(CN3CCN(CC(=O)N4CC5(CN(CCNc6cccc7c6C(=O)N(C6CCC(=O)NC6=O)C7=O)C5)C4)CC3)cc2)cc(C(=O)NCc2c(C)cc(C)[nH]c2=O)c1C)C1CCOCC1. The van der Waals surface area contributed by atoms with Crippen LogP contribution in [0, 0.1) is 26.2 Å². The summed E-state index contributed by atoms with van der Waals surface area (Å²) in [5.41, 5.74) is 8.87. The molecule has 10 rings (SSSR count). The van der Waals surface area contributed by atoms with Gasteiger partial charge in [-0.2, -0.15) is 0 Å². The van der Waals surface area contributed by atoms with Crippen molar-refractivity contribution < 1.29 is 33.5 Å². The number of carbonyl (C=O) groups excluding carboxylic acids is 6. The first-order chi connectivity index (χ1) is 35.7. The molecular weight excluding hydrogens is 941 g/mol. The molecule has 0 saturated carbocycles. The van der Waals surface area contributed by atoms with Crippen LogP contribution in [0.2, 0.25) is 0 Å². The van der Waals surface area contributed by atoms with Crippen LogP contribution in [0.25, 0.3) is 11.1 Å². The van der Waals surface area contributed by atoms with E-state index >= 15 is 0 Å². The van der Waals surface area contributed by atoms with Crippen molar-refractivity contribution in [2.75, 3.05) is 102 Å². The lowest BCUT2D eigenvalue weighted by Gasteiger charge is -2.60. The average Bonchev–Trinajstić information content (AvgIpc) is 3.61. The van der Waals surface area contributed by atoms with Gasteiger partial charge in [0.05, 0.1) is 17.7 Å². The smallest absolute Gasteiger partial charge is 0.264 e. The topological polar surface area (TPSA) is 200 Å². The van der Waals surface area contributed by atoms with Crippen LogP contribution in [0.4, 0.5) is 11.4 Å². The highest BCUT2D eigenvalue weighted by Gasteiger charge is 2.53. The van der Waals surface area contributed by atoms with Gasteiger partial charge in [-0.3, -0.25) is 53.6 Å². The molecule has 6 amide bonds. The van der Waals surface area contributed by atoms with Crippen molar-refractivity contribution in [3.63, 3.8) is 0 Å². The maximum atomic E-state index is 14.0. The van der Waals surface area contributed by atoms with Crippen LogP contribution < -0.4 is 26.4 Å². The number of piperidine rings is 1. The molecule has 4 N–H and O–H groups in total. The van der Waals surface area contributed by atoms with E-state index in [1.807, 2.05) is 37.8 Å². The Kier molecular flexibility index (Phi) is 14.6. The van der Waals surface area contributed by atoms with Crippen LogP contribution in [0.5, 0.6) is 0 Å². The fourth-order valence-electron chi connectivity index (χ4n) is 12.1. The minimum Gasteiger partial charge on any atom is -0.383 e. The Balaban J connectivity index is 0.682. The maximum absolute atomic E-state index is 14.0. The van der Waals surface area contributed by atoms with Gasteiger partial charge in [-0.05, 0) is 105 Å². The molecule has 7 heterocycles. The molecule has 0 radical (unpaired) electrons. The van der Waals surface area contributed by atoms with E-state index in [0.717, 1.165) is 123 Å². The molecule has 18 heteroatoms. The van der Waals surface area contributed by atoms with E-state index in [4.69, 9.17) is 4.74 Å². The highest BCUT2D eigenvalue weighted by molar-refractivity contribution is 6.25. The highest BCUT2D eigenvalue weighted by atomic mass is 16.5. The van der Waals surface area contributed by atoms with Crippen LogP contribution in [0.15, 0.2) is 65.5 Å². The molecule has 4 aromatic rings. The van der Waals surface area contributed by atoms with Crippen LogP contribution in [0.1, 0.15) is 91.6 Å².